The van der Waals surface area contributed by atoms with E-state index in [0.29, 0.717) is 38.0 Å². The van der Waals surface area contributed by atoms with E-state index in [1.165, 1.54) is 20.2 Å². The zero-order valence-electron chi connectivity index (χ0n) is 32.8. The maximum Gasteiger partial charge on any atom is 0.243 e. The molecule has 0 aliphatic carbocycles. The number of aliphatic imine (C=N–C) groups is 1. The average Bonchev–Trinajstić information content (AvgIpc) is 3.62. The Hall–Kier alpha value is -5.27. The normalized spacial score (nSPS) is 13.4. The molecule has 7 amide bonds. The van der Waals surface area contributed by atoms with E-state index in [4.69, 9.17) is 22.9 Å². The highest BCUT2D eigenvalue weighted by molar-refractivity contribution is 6.05. The first kappa shape index (κ1) is 47.8. The lowest BCUT2D eigenvalue weighted by Crippen LogP contribution is -2.57. The molecule has 1 aromatic rings. The highest BCUT2D eigenvalue weighted by atomic mass is 16.2. The quantitative estimate of drug-likeness (QED) is 0.0195. The van der Waals surface area contributed by atoms with Gasteiger partial charge in [0.05, 0.1) is 12.9 Å². The van der Waals surface area contributed by atoms with E-state index >= 15 is 0 Å². The van der Waals surface area contributed by atoms with Crippen LogP contribution >= 0.6 is 0 Å². The summed E-state index contributed by atoms with van der Waals surface area (Å²) in [6.07, 6.45) is 5.17. The fourth-order valence-electron chi connectivity index (χ4n) is 5.18. The van der Waals surface area contributed by atoms with Gasteiger partial charge in [0, 0.05) is 62.9 Å². The number of imidazole rings is 1. The van der Waals surface area contributed by atoms with E-state index in [0.717, 1.165) is 5.69 Å². The standard InChI is InChI=1S/C35H63N13O7/c1-21(2)17-26(22(3)36)46-29(51)19-44-28(50)10-6-7-14-41-30(52)24(9-8-15-43-34(38)39)47-31(53)25(11-12-27(37)49)48-33(55)35(4,5)32(54)42-16-13-23-18-40-20-45-23/h18,20-22,24-26H,6-17,19,36H2,1-5H3,(H2,37,49)(H,40,45)(H,41,52)(H,42,54)(H,44,50)(H,46,51)(H,47,53)(H,48,55)(H4,38,39,43). The maximum atomic E-state index is 13.5. The lowest BCUT2D eigenvalue weighted by Gasteiger charge is -2.27. The molecule has 0 fully saturated rings. The van der Waals surface area contributed by atoms with E-state index < -0.39 is 47.0 Å². The Labute approximate surface area is 322 Å². The van der Waals surface area contributed by atoms with Crippen molar-refractivity contribution >= 4 is 47.3 Å². The van der Waals surface area contributed by atoms with Crippen LogP contribution in [0.5, 0.6) is 0 Å². The number of aromatic amines is 1. The van der Waals surface area contributed by atoms with Crippen molar-refractivity contribution in [1.29, 1.82) is 0 Å². The number of carbonyl (C=O) groups excluding carboxylic acids is 7. The van der Waals surface area contributed by atoms with Gasteiger partial charge in [-0.3, -0.25) is 38.6 Å². The van der Waals surface area contributed by atoms with Gasteiger partial charge in [-0.15, -0.1) is 0 Å². The number of aromatic nitrogens is 2. The molecule has 55 heavy (non-hydrogen) atoms. The molecule has 0 spiro atoms. The van der Waals surface area contributed by atoms with Gasteiger partial charge in [-0.2, -0.15) is 0 Å². The largest absolute Gasteiger partial charge is 0.370 e. The van der Waals surface area contributed by atoms with Crippen molar-refractivity contribution in [2.24, 2.45) is 39.3 Å². The Kier molecular flexibility index (Phi) is 21.6. The van der Waals surface area contributed by atoms with Crippen LogP contribution in [-0.2, 0) is 40.0 Å². The molecule has 1 aromatic heterocycles. The first-order valence-corrected chi connectivity index (χ1v) is 18.6. The molecule has 0 radical (unpaired) electrons. The van der Waals surface area contributed by atoms with Crippen LogP contribution in [0.3, 0.4) is 0 Å². The summed E-state index contributed by atoms with van der Waals surface area (Å²) < 4.78 is 0. The first-order chi connectivity index (χ1) is 25.8. The molecular formula is C35H63N13O7. The van der Waals surface area contributed by atoms with Crippen LogP contribution in [0.25, 0.3) is 0 Å². The minimum Gasteiger partial charge on any atom is -0.370 e. The summed E-state index contributed by atoms with van der Waals surface area (Å²) in [5.41, 5.74) is 21.3. The number of carbonyl (C=O) groups is 7. The second-order valence-electron chi connectivity index (χ2n) is 14.4. The molecule has 20 nitrogen and oxygen atoms in total. The third-order valence-electron chi connectivity index (χ3n) is 8.53. The number of unbranched alkanes of at least 4 members (excludes halogenated alkanes) is 1. The number of nitrogens with zero attached hydrogens (tertiary/aromatic N) is 2. The van der Waals surface area contributed by atoms with Crippen molar-refractivity contribution < 1.29 is 33.6 Å². The number of rotatable bonds is 27. The van der Waals surface area contributed by atoms with Gasteiger partial charge < -0.3 is 59.8 Å². The number of hydrogen-bond acceptors (Lipinski definition) is 10. The lowest BCUT2D eigenvalue weighted by atomic mass is 9.90. The topological polar surface area (TPSA) is 337 Å². The molecule has 0 saturated carbocycles. The molecule has 0 aliphatic heterocycles. The average molecular weight is 778 g/mol. The molecule has 0 aromatic carbocycles. The van der Waals surface area contributed by atoms with Crippen LogP contribution in [0, 0.1) is 11.3 Å². The minimum absolute atomic E-state index is 0.112. The highest BCUT2D eigenvalue weighted by Gasteiger charge is 2.38. The number of H-pyrrole nitrogens is 1. The summed E-state index contributed by atoms with van der Waals surface area (Å²) in [6.45, 7) is 9.04. The van der Waals surface area contributed by atoms with Crippen LogP contribution in [-0.4, -0.2) is 108 Å². The smallest absolute Gasteiger partial charge is 0.243 e. The second kappa shape index (κ2) is 24.9. The fraction of sp³-hybridized carbons (Fsp3) is 0.686. The van der Waals surface area contributed by atoms with Crippen molar-refractivity contribution in [3.8, 4) is 0 Å². The number of nitrogens with one attached hydrogen (secondary N) is 7. The predicted octanol–water partition coefficient (Wildman–Crippen LogP) is -2.34. The summed E-state index contributed by atoms with van der Waals surface area (Å²) in [4.78, 5) is 100. The Morgan fingerprint density at radius 3 is 2.09 bits per heavy atom. The van der Waals surface area contributed by atoms with Gasteiger partial charge in [0.25, 0.3) is 0 Å². The van der Waals surface area contributed by atoms with E-state index in [-0.39, 0.29) is 81.7 Å². The van der Waals surface area contributed by atoms with Gasteiger partial charge in [0.1, 0.15) is 17.5 Å². The first-order valence-electron chi connectivity index (χ1n) is 18.6. The third kappa shape index (κ3) is 20.1. The molecule has 15 N–H and O–H groups in total. The zero-order valence-corrected chi connectivity index (χ0v) is 32.8. The molecular weight excluding hydrogens is 714 g/mol. The predicted molar refractivity (Wildman–Crippen MR) is 206 cm³/mol. The number of hydrogen-bond donors (Lipinski definition) is 11. The molecule has 20 heteroatoms. The van der Waals surface area contributed by atoms with Crippen LogP contribution in [0.15, 0.2) is 17.5 Å². The van der Waals surface area contributed by atoms with Crippen molar-refractivity contribution in [1.82, 2.24) is 41.9 Å². The molecule has 310 valence electrons. The van der Waals surface area contributed by atoms with E-state index in [1.54, 1.807) is 6.20 Å². The summed E-state index contributed by atoms with van der Waals surface area (Å²) >= 11 is 0. The number of guanidine groups is 1. The van der Waals surface area contributed by atoms with Crippen LogP contribution in [0.1, 0.15) is 91.7 Å². The van der Waals surface area contributed by atoms with Gasteiger partial charge in [-0.05, 0) is 65.2 Å². The van der Waals surface area contributed by atoms with E-state index in [2.05, 4.69) is 46.9 Å². The molecule has 1 heterocycles. The number of amides is 7. The summed E-state index contributed by atoms with van der Waals surface area (Å²) in [6, 6.07) is -2.85. The van der Waals surface area contributed by atoms with Crippen LogP contribution in [0.2, 0.25) is 0 Å². The minimum atomic E-state index is -1.61. The van der Waals surface area contributed by atoms with E-state index in [1.807, 2.05) is 20.8 Å². The molecule has 1 rings (SSSR count). The van der Waals surface area contributed by atoms with Crippen molar-refractivity contribution in [2.45, 2.75) is 117 Å². The third-order valence-corrected chi connectivity index (χ3v) is 8.53. The second-order valence-corrected chi connectivity index (χ2v) is 14.4. The van der Waals surface area contributed by atoms with Gasteiger partial charge >= 0.3 is 0 Å². The summed E-state index contributed by atoms with van der Waals surface area (Å²) in [5, 5.41) is 16.0. The Bertz CT molecular complexity index is 1430. The molecule has 0 aliphatic rings. The number of primary amides is 1. The monoisotopic (exact) mass is 777 g/mol. The van der Waals surface area contributed by atoms with E-state index in [9.17, 15) is 33.6 Å². The zero-order chi connectivity index (χ0) is 41.6. The summed E-state index contributed by atoms with van der Waals surface area (Å²) in [5.74, 6) is -3.87. The Morgan fingerprint density at radius 2 is 1.49 bits per heavy atom. The number of nitrogens with two attached hydrogens (primary N) is 4. The van der Waals surface area contributed by atoms with Crippen LogP contribution < -0.4 is 54.8 Å². The van der Waals surface area contributed by atoms with Crippen molar-refractivity contribution in [2.75, 3.05) is 26.2 Å². The Balaban J connectivity index is 2.80. The van der Waals surface area contributed by atoms with Crippen molar-refractivity contribution in [3.63, 3.8) is 0 Å². The Morgan fingerprint density at radius 1 is 0.800 bits per heavy atom. The SMILES string of the molecule is CC(C)CC(NC(=O)CNC(=O)CCCCNC(=O)C(CCCN=C(N)N)NC(=O)C(CCC(N)=O)NC(=O)C(C)(C)C(=O)NCCc1cnc[nH]1)C(C)N. The molecule has 0 bridgehead atoms. The van der Waals surface area contributed by atoms with Gasteiger partial charge in [-0.1, -0.05) is 13.8 Å². The van der Waals surface area contributed by atoms with Gasteiger partial charge in [-0.25, -0.2) is 4.98 Å². The van der Waals surface area contributed by atoms with Gasteiger partial charge in [0.2, 0.25) is 41.4 Å². The van der Waals surface area contributed by atoms with Crippen molar-refractivity contribution in [3.05, 3.63) is 18.2 Å². The maximum absolute atomic E-state index is 13.5. The fourth-order valence-corrected chi connectivity index (χ4v) is 5.18. The molecule has 0 saturated heterocycles. The summed E-state index contributed by atoms with van der Waals surface area (Å²) in [7, 11) is 0. The highest BCUT2D eigenvalue weighted by Crippen LogP contribution is 2.17. The van der Waals surface area contributed by atoms with Crippen LogP contribution in [0.4, 0.5) is 0 Å². The van der Waals surface area contributed by atoms with Gasteiger partial charge in [0.15, 0.2) is 5.96 Å². The molecule has 4 unspecified atom stereocenters. The molecule has 4 atom stereocenters. The lowest BCUT2D eigenvalue weighted by molar-refractivity contribution is -0.143.